The highest BCUT2D eigenvalue weighted by atomic mass is 32.1. The van der Waals surface area contributed by atoms with Gasteiger partial charge in [-0.15, -0.1) is 11.3 Å². The quantitative estimate of drug-likeness (QED) is 0.510. The van der Waals surface area contributed by atoms with Crippen LogP contribution in [0.15, 0.2) is 36.4 Å². The first kappa shape index (κ1) is 20.3. The van der Waals surface area contributed by atoms with Crippen molar-refractivity contribution in [2.45, 2.75) is 52.5 Å². The van der Waals surface area contributed by atoms with Crippen LogP contribution >= 0.6 is 11.3 Å². The molecular formula is C22H26FN3OS. The molecule has 4 nitrogen and oxygen atoms in total. The van der Waals surface area contributed by atoms with E-state index in [4.69, 9.17) is 0 Å². The molecule has 0 saturated heterocycles. The predicted molar refractivity (Wildman–Crippen MR) is 115 cm³/mol. The van der Waals surface area contributed by atoms with E-state index >= 15 is 0 Å². The summed E-state index contributed by atoms with van der Waals surface area (Å²) in [6, 6.07) is 10.1. The van der Waals surface area contributed by atoms with E-state index < -0.39 is 0 Å². The van der Waals surface area contributed by atoms with Crippen molar-refractivity contribution < 1.29 is 9.18 Å². The molecule has 2 aromatic carbocycles. The van der Waals surface area contributed by atoms with E-state index in [9.17, 15) is 9.18 Å². The summed E-state index contributed by atoms with van der Waals surface area (Å²) in [6.45, 7) is 10.3. The molecule has 0 bridgehead atoms. The molecule has 0 spiro atoms. The van der Waals surface area contributed by atoms with Crippen LogP contribution in [0.5, 0.6) is 0 Å². The fourth-order valence-corrected chi connectivity index (χ4v) is 4.20. The molecule has 3 rings (SSSR count). The third-order valence-corrected chi connectivity index (χ3v) is 5.90. The van der Waals surface area contributed by atoms with Crippen LogP contribution in [0.1, 0.15) is 68.6 Å². The number of rotatable bonds is 5. The minimum atomic E-state index is -0.285. The van der Waals surface area contributed by atoms with E-state index in [0.29, 0.717) is 11.8 Å². The Kier molecular flexibility index (Phi) is 5.98. The summed E-state index contributed by atoms with van der Waals surface area (Å²) < 4.78 is 14.2. The number of anilines is 1. The van der Waals surface area contributed by atoms with Crippen molar-refractivity contribution in [2.75, 3.05) is 5.32 Å². The number of carbonyl (C=O) groups is 1. The summed E-state index contributed by atoms with van der Waals surface area (Å²) in [5.41, 5.74) is 3.85. The highest BCUT2D eigenvalue weighted by molar-refractivity contribution is 7.18. The largest absolute Gasteiger partial charge is 0.329 e. The lowest BCUT2D eigenvalue weighted by Crippen LogP contribution is -2.32. The van der Waals surface area contributed by atoms with Gasteiger partial charge in [0.15, 0.2) is 0 Å². The Morgan fingerprint density at radius 1 is 1.04 bits per heavy atom. The Bertz CT molecular complexity index is 970. The zero-order valence-electron chi connectivity index (χ0n) is 16.8. The molecule has 1 atom stereocenters. The van der Waals surface area contributed by atoms with Crippen LogP contribution in [0.4, 0.5) is 14.9 Å². The third-order valence-electron chi connectivity index (χ3n) is 4.70. The highest BCUT2D eigenvalue weighted by Gasteiger charge is 2.18. The summed E-state index contributed by atoms with van der Waals surface area (Å²) >= 11 is 1.39. The number of nitrogens with zero attached hydrogens (tertiary/aromatic N) is 1. The van der Waals surface area contributed by atoms with Crippen molar-refractivity contribution in [3.63, 3.8) is 0 Å². The normalized spacial score (nSPS) is 12.6. The second-order valence-electron chi connectivity index (χ2n) is 7.61. The van der Waals surface area contributed by atoms with Gasteiger partial charge in [-0.1, -0.05) is 45.9 Å². The van der Waals surface area contributed by atoms with Gasteiger partial charge in [0.1, 0.15) is 10.8 Å². The molecular weight excluding hydrogens is 373 g/mol. The lowest BCUT2D eigenvalue weighted by Gasteiger charge is -2.21. The van der Waals surface area contributed by atoms with Gasteiger partial charge in [0.05, 0.1) is 16.3 Å². The van der Waals surface area contributed by atoms with Crippen molar-refractivity contribution in [3.8, 4) is 0 Å². The number of nitrogens with one attached hydrogen (secondary N) is 2. The molecule has 2 N–H and O–H groups in total. The molecule has 3 aromatic rings. The standard InChI is InChI=1S/C22H26FN3OS/c1-12(2)16-7-6-8-17(13(3)4)20(16)26-22(27)24-14(5)21-25-18-10-9-15(23)11-19(18)28-21/h6-14H,1-5H3,(H2,24,26,27)/t14-/m1/s1. The topological polar surface area (TPSA) is 54.0 Å². The highest BCUT2D eigenvalue weighted by Crippen LogP contribution is 2.32. The molecule has 6 heteroatoms. The van der Waals surface area contributed by atoms with Gasteiger partial charge in [-0.2, -0.15) is 0 Å². The van der Waals surface area contributed by atoms with Crippen molar-refractivity contribution >= 4 is 33.3 Å². The molecule has 0 radical (unpaired) electrons. The molecule has 0 fully saturated rings. The summed E-state index contributed by atoms with van der Waals surface area (Å²) in [5, 5.41) is 6.76. The Labute approximate surface area is 169 Å². The zero-order valence-corrected chi connectivity index (χ0v) is 17.7. The number of halogens is 1. The van der Waals surface area contributed by atoms with E-state index in [0.717, 1.165) is 32.0 Å². The number of carbonyl (C=O) groups excluding carboxylic acids is 1. The fraction of sp³-hybridized carbons (Fsp3) is 0.364. The number of thiazole rings is 1. The van der Waals surface area contributed by atoms with Crippen LogP contribution in [-0.2, 0) is 0 Å². The zero-order chi connectivity index (χ0) is 20.4. The number of fused-ring (bicyclic) bond motifs is 1. The number of hydrogen-bond acceptors (Lipinski definition) is 3. The average molecular weight is 400 g/mol. The average Bonchev–Trinajstić information content (AvgIpc) is 3.04. The molecule has 0 aliphatic heterocycles. The minimum absolute atomic E-state index is 0.270. The fourth-order valence-electron chi connectivity index (χ4n) is 3.20. The van der Waals surface area contributed by atoms with Gasteiger partial charge in [0.2, 0.25) is 0 Å². The second-order valence-corrected chi connectivity index (χ2v) is 8.67. The monoisotopic (exact) mass is 399 g/mol. The van der Waals surface area contributed by atoms with Crippen LogP contribution in [0, 0.1) is 5.82 Å². The maximum Gasteiger partial charge on any atom is 0.319 e. The first-order valence-electron chi connectivity index (χ1n) is 9.52. The van der Waals surface area contributed by atoms with Crippen LogP contribution in [0.3, 0.4) is 0 Å². The number of benzene rings is 2. The molecule has 0 aliphatic rings. The summed E-state index contributed by atoms with van der Waals surface area (Å²) in [6.07, 6.45) is 0. The number of amides is 2. The molecule has 148 valence electrons. The smallest absolute Gasteiger partial charge is 0.319 e. The van der Waals surface area contributed by atoms with Gasteiger partial charge in [-0.3, -0.25) is 0 Å². The second kappa shape index (κ2) is 8.27. The maximum atomic E-state index is 13.4. The van der Waals surface area contributed by atoms with E-state index in [2.05, 4.69) is 55.4 Å². The van der Waals surface area contributed by atoms with Crippen LogP contribution in [0.2, 0.25) is 0 Å². The maximum absolute atomic E-state index is 13.4. The van der Waals surface area contributed by atoms with Crippen molar-refractivity contribution in [3.05, 3.63) is 58.3 Å². The molecule has 1 heterocycles. The number of aromatic nitrogens is 1. The van der Waals surface area contributed by atoms with Gasteiger partial charge in [0.25, 0.3) is 0 Å². The van der Waals surface area contributed by atoms with E-state index in [1.807, 2.05) is 13.0 Å². The third kappa shape index (κ3) is 4.33. The van der Waals surface area contributed by atoms with E-state index in [-0.39, 0.29) is 17.9 Å². The van der Waals surface area contributed by atoms with E-state index in [1.165, 1.54) is 23.5 Å². The van der Waals surface area contributed by atoms with Crippen LogP contribution in [0.25, 0.3) is 10.2 Å². The van der Waals surface area contributed by atoms with Gasteiger partial charge in [-0.25, -0.2) is 14.2 Å². The van der Waals surface area contributed by atoms with Crippen molar-refractivity contribution in [1.29, 1.82) is 0 Å². The number of hydrogen-bond donors (Lipinski definition) is 2. The van der Waals surface area contributed by atoms with Crippen molar-refractivity contribution in [2.24, 2.45) is 0 Å². The van der Waals surface area contributed by atoms with Crippen LogP contribution in [-0.4, -0.2) is 11.0 Å². The molecule has 2 amide bonds. The molecule has 0 aliphatic carbocycles. The Morgan fingerprint density at radius 3 is 2.29 bits per heavy atom. The lowest BCUT2D eigenvalue weighted by atomic mass is 9.93. The lowest BCUT2D eigenvalue weighted by molar-refractivity contribution is 0.249. The molecule has 28 heavy (non-hydrogen) atoms. The van der Waals surface area contributed by atoms with Gasteiger partial charge >= 0.3 is 6.03 Å². The summed E-state index contributed by atoms with van der Waals surface area (Å²) in [4.78, 5) is 17.2. The Morgan fingerprint density at radius 2 is 1.68 bits per heavy atom. The first-order chi connectivity index (χ1) is 13.3. The summed E-state index contributed by atoms with van der Waals surface area (Å²) in [7, 11) is 0. The Balaban J connectivity index is 1.79. The number of para-hydroxylation sites is 1. The summed E-state index contributed by atoms with van der Waals surface area (Å²) in [5.74, 6) is 0.309. The van der Waals surface area contributed by atoms with Crippen molar-refractivity contribution in [1.82, 2.24) is 10.3 Å². The molecule has 0 saturated carbocycles. The number of urea groups is 1. The van der Waals surface area contributed by atoms with E-state index in [1.54, 1.807) is 6.07 Å². The van der Waals surface area contributed by atoms with Crippen LogP contribution < -0.4 is 10.6 Å². The SMILES string of the molecule is CC(C)c1cccc(C(C)C)c1NC(=O)N[C@H](C)c1nc2ccc(F)cc2s1. The Hall–Kier alpha value is -2.47. The predicted octanol–water partition coefficient (Wildman–Crippen LogP) is 6.56. The first-order valence-corrected chi connectivity index (χ1v) is 10.3. The minimum Gasteiger partial charge on any atom is -0.329 e. The van der Waals surface area contributed by atoms with Gasteiger partial charge in [-0.05, 0) is 48.1 Å². The van der Waals surface area contributed by atoms with Gasteiger partial charge in [0, 0.05) is 5.69 Å². The molecule has 0 unspecified atom stereocenters. The van der Waals surface area contributed by atoms with Gasteiger partial charge < -0.3 is 10.6 Å². The molecule has 1 aromatic heterocycles.